The van der Waals surface area contributed by atoms with Crippen LogP contribution in [-0.4, -0.2) is 16.0 Å². The van der Waals surface area contributed by atoms with Crippen molar-refractivity contribution in [3.63, 3.8) is 0 Å². The van der Waals surface area contributed by atoms with Gasteiger partial charge in [0.1, 0.15) is 0 Å². The third kappa shape index (κ3) is 2.61. The highest BCUT2D eigenvalue weighted by atomic mass is 16.3. The smallest absolute Gasteiger partial charge is 0.255 e. The molecule has 2 aromatic carbocycles. The van der Waals surface area contributed by atoms with Crippen LogP contribution in [0.1, 0.15) is 27.2 Å². The molecule has 3 rings (SSSR count). The van der Waals surface area contributed by atoms with Crippen LogP contribution in [-0.2, 0) is 6.61 Å². The first-order valence-electron chi connectivity index (χ1n) is 7.18. The van der Waals surface area contributed by atoms with Gasteiger partial charge in [-0.25, -0.2) is 0 Å². The number of anilines is 1. The fourth-order valence-corrected chi connectivity index (χ4v) is 2.55. The zero-order valence-corrected chi connectivity index (χ0v) is 12.6. The van der Waals surface area contributed by atoms with E-state index in [0.29, 0.717) is 11.3 Å². The van der Waals surface area contributed by atoms with Gasteiger partial charge in [0.2, 0.25) is 0 Å². The van der Waals surface area contributed by atoms with Gasteiger partial charge < -0.3 is 15.4 Å². The van der Waals surface area contributed by atoms with Crippen molar-refractivity contribution < 1.29 is 9.90 Å². The molecule has 0 bridgehead atoms. The Morgan fingerprint density at radius 3 is 2.77 bits per heavy atom. The molecule has 1 aromatic heterocycles. The van der Waals surface area contributed by atoms with E-state index < -0.39 is 0 Å². The van der Waals surface area contributed by atoms with Gasteiger partial charge in [0, 0.05) is 27.8 Å². The number of carbonyl (C=O) groups excluding carboxylic acids is 1. The van der Waals surface area contributed by atoms with E-state index in [-0.39, 0.29) is 12.5 Å². The lowest BCUT2D eigenvalue weighted by atomic mass is 10.1. The molecule has 0 fully saturated rings. The number of H-pyrrole nitrogens is 1. The minimum atomic E-state index is -0.157. The number of aliphatic hydroxyl groups is 1. The maximum absolute atomic E-state index is 12.4. The summed E-state index contributed by atoms with van der Waals surface area (Å²) < 4.78 is 0. The van der Waals surface area contributed by atoms with E-state index in [1.807, 2.05) is 44.2 Å². The molecule has 0 atom stereocenters. The number of nitrogens with one attached hydrogen (secondary N) is 2. The molecule has 1 heterocycles. The number of amides is 1. The van der Waals surface area contributed by atoms with Crippen LogP contribution >= 0.6 is 0 Å². The molecule has 0 aliphatic carbocycles. The maximum Gasteiger partial charge on any atom is 0.255 e. The monoisotopic (exact) mass is 294 g/mol. The Morgan fingerprint density at radius 2 is 2.00 bits per heavy atom. The van der Waals surface area contributed by atoms with Gasteiger partial charge in [-0.15, -0.1) is 0 Å². The van der Waals surface area contributed by atoms with E-state index in [1.54, 1.807) is 12.1 Å². The van der Waals surface area contributed by atoms with E-state index in [1.165, 1.54) is 0 Å². The summed E-state index contributed by atoms with van der Waals surface area (Å²) in [5.41, 5.74) is 5.37. The van der Waals surface area contributed by atoms with Crippen LogP contribution in [0.4, 0.5) is 5.69 Å². The molecule has 1 amide bonds. The van der Waals surface area contributed by atoms with Gasteiger partial charge >= 0.3 is 0 Å². The molecule has 4 nitrogen and oxygen atoms in total. The molecule has 4 heteroatoms. The first-order valence-corrected chi connectivity index (χ1v) is 7.18. The summed E-state index contributed by atoms with van der Waals surface area (Å²) in [5.74, 6) is -0.157. The number of hydrogen-bond donors (Lipinski definition) is 3. The normalized spacial score (nSPS) is 10.9. The molecule has 0 aliphatic rings. The fraction of sp³-hybridized carbons (Fsp3) is 0.167. The van der Waals surface area contributed by atoms with Gasteiger partial charge in [0.05, 0.1) is 6.61 Å². The van der Waals surface area contributed by atoms with Crippen molar-refractivity contribution in [2.75, 3.05) is 5.32 Å². The molecule has 0 saturated carbocycles. The van der Waals surface area contributed by atoms with Gasteiger partial charge in [-0.3, -0.25) is 4.79 Å². The highest BCUT2D eigenvalue weighted by molar-refractivity contribution is 6.06. The first kappa shape index (κ1) is 14.4. The summed E-state index contributed by atoms with van der Waals surface area (Å²) in [6.45, 7) is 4.02. The van der Waals surface area contributed by atoms with Crippen LogP contribution in [0.15, 0.2) is 42.5 Å². The van der Waals surface area contributed by atoms with Gasteiger partial charge in [-0.2, -0.15) is 0 Å². The van der Waals surface area contributed by atoms with E-state index in [4.69, 9.17) is 5.11 Å². The maximum atomic E-state index is 12.4. The van der Waals surface area contributed by atoms with Crippen molar-refractivity contribution >= 4 is 22.5 Å². The molecule has 3 aromatic rings. The quantitative estimate of drug-likeness (QED) is 0.692. The number of rotatable bonds is 3. The van der Waals surface area contributed by atoms with Crippen molar-refractivity contribution in [1.82, 2.24) is 4.98 Å². The van der Waals surface area contributed by atoms with Crippen molar-refractivity contribution in [1.29, 1.82) is 0 Å². The van der Waals surface area contributed by atoms with Crippen LogP contribution in [0.2, 0.25) is 0 Å². The Kier molecular flexibility index (Phi) is 3.69. The summed E-state index contributed by atoms with van der Waals surface area (Å²) in [5, 5.41) is 13.1. The fourth-order valence-electron chi connectivity index (χ4n) is 2.55. The number of aliphatic hydroxyl groups excluding tert-OH is 1. The highest BCUT2D eigenvalue weighted by Crippen LogP contribution is 2.23. The zero-order chi connectivity index (χ0) is 15.7. The van der Waals surface area contributed by atoms with Crippen LogP contribution in [0.3, 0.4) is 0 Å². The average Bonchev–Trinajstić information content (AvgIpc) is 2.82. The van der Waals surface area contributed by atoms with Gasteiger partial charge in [-0.05, 0) is 55.3 Å². The van der Waals surface area contributed by atoms with Crippen molar-refractivity contribution in [2.24, 2.45) is 0 Å². The lowest BCUT2D eigenvalue weighted by Gasteiger charge is -2.07. The topological polar surface area (TPSA) is 65.1 Å². The Bertz CT molecular complexity index is 849. The summed E-state index contributed by atoms with van der Waals surface area (Å²) in [6.07, 6.45) is 0. The number of carbonyl (C=O) groups is 1. The standard InChI is InChI=1S/C18H18N2O2/c1-11-12(2)19-17-7-6-14(9-16(11)17)18(22)20-15-5-3-4-13(8-15)10-21/h3-9,19,21H,10H2,1-2H3,(H,20,22). The van der Waals surface area contributed by atoms with E-state index in [0.717, 1.165) is 27.7 Å². The summed E-state index contributed by atoms with van der Waals surface area (Å²) >= 11 is 0. The van der Waals surface area contributed by atoms with Gasteiger partial charge in [-0.1, -0.05) is 12.1 Å². The molecule has 0 unspecified atom stereocenters. The number of hydrogen-bond acceptors (Lipinski definition) is 2. The lowest BCUT2D eigenvalue weighted by molar-refractivity contribution is 0.102. The highest BCUT2D eigenvalue weighted by Gasteiger charge is 2.10. The second-order valence-corrected chi connectivity index (χ2v) is 5.45. The van der Waals surface area contributed by atoms with Crippen LogP contribution in [0, 0.1) is 13.8 Å². The number of aromatic amines is 1. The molecule has 0 saturated heterocycles. The predicted octanol–water partition coefficient (Wildman–Crippen LogP) is 3.53. The molecule has 112 valence electrons. The van der Waals surface area contributed by atoms with E-state index >= 15 is 0 Å². The van der Waals surface area contributed by atoms with Crippen LogP contribution < -0.4 is 5.32 Å². The molecular formula is C18H18N2O2. The Morgan fingerprint density at radius 1 is 1.18 bits per heavy atom. The SMILES string of the molecule is Cc1[nH]c2ccc(C(=O)Nc3cccc(CO)c3)cc2c1C. The van der Waals surface area contributed by atoms with E-state index in [2.05, 4.69) is 10.3 Å². The van der Waals surface area contributed by atoms with Crippen molar-refractivity contribution in [3.8, 4) is 0 Å². The summed E-state index contributed by atoms with van der Waals surface area (Å²) in [7, 11) is 0. The van der Waals surface area contributed by atoms with E-state index in [9.17, 15) is 4.79 Å². The number of fused-ring (bicyclic) bond motifs is 1. The summed E-state index contributed by atoms with van der Waals surface area (Å²) in [6, 6.07) is 12.8. The first-order chi connectivity index (χ1) is 10.6. The van der Waals surface area contributed by atoms with Crippen LogP contribution in [0.5, 0.6) is 0 Å². The third-order valence-corrected chi connectivity index (χ3v) is 3.94. The molecule has 0 spiro atoms. The van der Waals surface area contributed by atoms with Gasteiger partial charge in [0.25, 0.3) is 5.91 Å². The minimum Gasteiger partial charge on any atom is -0.392 e. The zero-order valence-electron chi connectivity index (χ0n) is 12.6. The molecular weight excluding hydrogens is 276 g/mol. The molecule has 22 heavy (non-hydrogen) atoms. The molecule has 3 N–H and O–H groups in total. The third-order valence-electron chi connectivity index (χ3n) is 3.94. The van der Waals surface area contributed by atoms with Crippen LogP contribution in [0.25, 0.3) is 10.9 Å². The van der Waals surface area contributed by atoms with Crippen molar-refractivity contribution in [3.05, 3.63) is 64.8 Å². The second kappa shape index (κ2) is 5.66. The number of aromatic nitrogens is 1. The number of aryl methyl sites for hydroxylation is 2. The number of benzene rings is 2. The Balaban J connectivity index is 1.89. The Labute approximate surface area is 128 Å². The second-order valence-electron chi connectivity index (χ2n) is 5.45. The predicted molar refractivity (Wildman–Crippen MR) is 88.1 cm³/mol. The minimum absolute atomic E-state index is 0.0442. The summed E-state index contributed by atoms with van der Waals surface area (Å²) in [4.78, 5) is 15.7. The van der Waals surface area contributed by atoms with Gasteiger partial charge in [0.15, 0.2) is 0 Å². The van der Waals surface area contributed by atoms with Crippen molar-refractivity contribution in [2.45, 2.75) is 20.5 Å². The Hall–Kier alpha value is -2.59. The largest absolute Gasteiger partial charge is 0.392 e. The lowest BCUT2D eigenvalue weighted by Crippen LogP contribution is -2.11. The molecule has 0 radical (unpaired) electrons. The molecule has 0 aliphatic heterocycles. The average molecular weight is 294 g/mol.